The van der Waals surface area contributed by atoms with E-state index in [0.29, 0.717) is 38.1 Å². The lowest BCUT2D eigenvalue weighted by Crippen LogP contribution is -2.40. The molecule has 0 amide bonds. The van der Waals surface area contributed by atoms with Crippen molar-refractivity contribution in [2.24, 2.45) is 19.8 Å². The van der Waals surface area contributed by atoms with Crippen molar-refractivity contribution in [2.75, 3.05) is 0 Å². The molecule has 146 valence electrons. The zero-order chi connectivity index (χ0) is 20.3. The number of aryl methyl sites for hydroxylation is 2. The predicted octanol–water partition coefficient (Wildman–Crippen LogP) is 2.29. The van der Waals surface area contributed by atoms with Crippen molar-refractivity contribution >= 4 is 45.3 Å². The Labute approximate surface area is 169 Å². The molecule has 4 rings (SSSR count). The van der Waals surface area contributed by atoms with E-state index in [9.17, 15) is 9.59 Å². The number of aromatic nitrogens is 5. The van der Waals surface area contributed by atoms with Gasteiger partial charge in [0.15, 0.2) is 11.2 Å². The van der Waals surface area contributed by atoms with Gasteiger partial charge in [-0.05, 0) is 19.1 Å². The number of aromatic amines is 1. The van der Waals surface area contributed by atoms with Crippen molar-refractivity contribution < 1.29 is 0 Å². The lowest BCUT2D eigenvalue weighted by atomic mass is 10.2. The Balaban J connectivity index is 1.97. The van der Waals surface area contributed by atoms with Crippen LogP contribution in [0.5, 0.6) is 0 Å². The van der Waals surface area contributed by atoms with Gasteiger partial charge in [-0.25, -0.2) is 9.78 Å². The Bertz CT molecular complexity index is 1360. The van der Waals surface area contributed by atoms with E-state index >= 15 is 0 Å². The molecular formula is C18H18Cl2N6O2. The number of H-pyrrole nitrogens is 1. The molecule has 0 bridgehead atoms. The van der Waals surface area contributed by atoms with Crippen molar-refractivity contribution in [2.45, 2.75) is 19.5 Å². The van der Waals surface area contributed by atoms with Crippen LogP contribution in [0.15, 0.2) is 27.8 Å². The van der Waals surface area contributed by atoms with E-state index in [2.05, 4.69) is 9.97 Å². The van der Waals surface area contributed by atoms with Crippen molar-refractivity contribution in [3.63, 3.8) is 0 Å². The minimum absolute atomic E-state index is 0.0238. The molecule has 0 spiro atoms. The molecule has 3 aromatic heterocycles. The smallest absolute Gasteiger partial charge is 0.332 e. The van der Waals surface area contributed by atoms with Crippen LogP contribution < -0.4 is 17.0 Å². The summed E-state index contributed by atoms with van der Waals surface area (Å²) in [6.07, 6.45) is 0. The summed E-state index contributed by atoms with van der Waals surface area (Å²) in [6.45, 7) is 1.75. The SMILES string of the molecule is CC(N)c1nc2c(c(=O)n(Cc3[nH]c4cccc(Cl)c4c3Cl)c(=O)n2C)n1C. The van der Waals surface area contributed by atoms with Crippen LogP contribution in [0.25, 0.3) is 22.1 Å². The van der Waals surface area contributed by atoms with Gasteiger partial charge in [0.25, 0.3) is 5.56 Å². The summed E-state index contributed by atoms with van der Waals surface area (Å²) in [5, 5.41) is 1.54. The third-order valence-electron chi connectivity index (χ3n) is 4.90. The summed E-state index contributed by atoms with van der Waals surface area (Å²) in [4.78, 5) is 33.5. The van der Waals surface area contributed by atoms with E-state index in [-0.39, 0.29) is 12.6 Å². The number of hydrogen-bond acceptors (Lipinski definition) is 4. The summed E-state index contributed by atoms with van der Waals surface area (Å²) in [5.74, 6) is 0.523. The van der Waals surface area contributed by atoms with Crippen molar-refractivity contribution in [3.05, 3.63) is 60.6 Å². The Kier molecular flexibility index (Phi) is 4.37. The van der Waals surface area contributed by atoms with Crippen LogP contribution in [0.2, 0.25) is 10.0 Å². The first-order chi connectivity index (χ1) is 13.2. The van der Waals surface area contributed by atoms with Gasteiger partial charge in [-0.3, -0.25) is 13.9 Å². The largest absolute Gasteiger partial charge is 0.356 e. The minimum Gasteiger partial charge on any atom is -0.356 e. The van der Waals surface area contributed by atoms with Crippen LogP contribution in [0.3, 0.4) is 0 Å². The number of nitrogens with zero attached hydrogens (tertiary/aromatic N) is 4. The van der Waals surface area contributed by atoms with E-state index < -0.39 is 11.2 Å². The molecule has 3 N–H and O–H groups in total. The normalized spacial score (nSPS) is 12.9. The maximum absolute atomic E-state index is 13.1. The molecule has 1 atom stereocenters. The van der Waals surface area contributed by atoms with Crippen LogP contribution in [-0.4, -0.2) is 23.7 Å². The molecule has 1 unspecified atom stereocenters. The molecule has 4 aromatic rings. The van der Waals surface area contributed by atoms with Crippen LogP contribution >= 0.6 is 23.2 Å². The summed E-state index contributed by atoms with van der Waals surface area (Å²) >= 11 is 12.7. The number of rotatable bonds is 3. The van der Waals surface area contributed by atoms with Gasteiger partial charge < -0.3 is 15.3 Å². The maximum Gasteiger partial charge on any atom is 0.332 e. The topological polar surface area (TPSA) is 104 Å². The molecule has 28 heavy (non-hydrogen) atoms. The highest BCUT2D eigenvalue weighted by molar-refractivity contribution is 6.42. The van der Waals surface area contributed by atoms with Crippen molar-refractivity contribution in [1.82, 2.24) is 23.7 Å². The number of imidazole rings is 1. The number of benzene rings is 1. The standard InChI is InChI=1S/C18H18Cl2N6O2/c1-8(21)15-23-16-14(24(15)2)17(27)26(18(28)25(16)3)7-11-13(20)12-9(19)5-4-6-10(12)22-11/h4-6,8,22H,7,21H2,1-3H3. The lowest BCUT2D eigenvalue weighted by molar-refractivity contribution is 0.647. The van der Waals surface area contributed by atoms with E-state index in [1.165, 1.54) is 4.57 Å². The molecule has 3 heterocycles. The third-order valence-corrected chi connectivity index (χ3v) is 5.63. The first-order valence-electron chi connectivity index (χ1n) is 8.58. The fourth-order valence-corrected chi connectivity index (χ4v) is 4.12. The Hall–Kier alpha value is -2.55. The average molecular weight is 421 g/mol. The van der Waals surface area contributed by atoms with Gasteiger partial charge in [0.2, 0.25) is 0 Å². The van der Waals surface area contributed by atoms with E-state index in [4.69, 9.17) is 28.9 Å². The molecule has 1 aromatic carbocycles. The molecule has 0 aliphatic carbocycles. The second-order valence-corrected chi connectivity index (χ2v) is 7.59. The molecule has 0 aliphatic rings. The van der Waals surface area contributed by atoms with E-state index in [1.807, 2.05) is 6.07 Å². The molecular weight excluding hydrogens is 403 g/mol. The highest BCUT2D eigenvalue weighted by atomic mass is 35.5. The summed E-state index contributed by atoms with van der Waals surface area (Å²) in [7, 11) is 3.28. The molecule has 0 radical (unpaired) electrons. The van der Waals surface area contributed by atoms with Gasteiger partial charge in [-0.1, -0.05) is 29.3 Å². The summed E-state index contributed by atoms with van der Waals surface area (Å²) in [5.41, 5.74) is 6.85. The van der Waals surface area contributed by atoms with E-state index in [0.717, 1.165) is 10.1 Å². The number of fused-ring (bicyclic) bond motifs is 2. The average Bonchev–Trinajstić information content (AvgIpc) is 3.15. The quantitative estimate of drug-likeness (QED) is 0.530. The third kappa shape index (κ3) is 2.60. The fourth-order valence-electron chi connectivity index (χ4n) is 3.49. The molecule has 0 saturated heterocycles. The maximum atomic E-state index is 13.1. The number of halogens is 2. The fraction of sp³-hybridized carbons (Fsp3) is 0.278. The van der Waals surface area contributed by atoms with Gasteiger partial charge in [0.1, 0.15) is 5.82 Å². The summed E-state index contributed by atoms with van der Waals surface area (Å²) < 4.78 is 4.09. The van der Waals surface area contributed by atoms with Crippen LogP contribution in [0, 0.1) is 0 Å². The van der Waals surface area contributed by atoms with E-state index in [1.54, 1.807) is 37.7 Å². The highest BCUT2D eigenvalue weighted by Crippen LogP contribution is 2.33. The first-order valence-corrected chi connectivity index (χ1v) is 9.34. The van der Waals surface area contributed by atoms with Crippen molar-refractivity contribution in [1.29, 1.82) is 0 Å². The first kappa shape index (κ1) is 18.8. The van der Waals surface area contributed by atoms with Gasteiger partial charge in [-0.2, -0.15) is 0 Å². The molecule has 10 heteroatoms. The van der Waals surface area contributed by atoms with Crippen LogP contribution in [-0.2, 0) is 20.6 Å². The Morgan fingerprint density at radius 1 is 1.21 bits per heavy atom. The highest BCUT2D eigenvalue weighted by Gasteiger charge is 2.21. The molecule has 0 aliphatic heterocycles. The van der Waals surface area contributed by atoms with Crippen LogP contribution in [0.4, 0.5) is 0 Å². The minimum atomic E-state index is -0.493. The number of nitrogens with two attached hydrogens (primary N) is 1. The van der Waals surface area contributed by atoms with Gasteiger partial charge in [-0.15, -0.1) is 0 Å². The Morgan fingerprint density at radius 2 is 1.93 bits per heavy atom. The monoisotopic (exact) mass is 420 g/mol. The van der Waals surface area contributed by atoms with Crippen molar-refractivity contribution in [3.8, 4) is 0 Å². The zero-order valence-electron chi connectivity index (χ0n) is 15.5. The number of hydrogen-bond donors (Lipinski definition) is 2. The predicted molar refractivity (Wildman–Crippen MR) is 110 cm³/mol. The van der Waals surface area contributed by atoms with Crippen LogP contribution in [0.1, 0.15) is 24.5 Å². The zero-order valence-corrected chi connectivity index (χ0v) is 17.0. The second kappa shape index (κ2) is 6.51. The molecule has 0 fully saturated rings. The van der Waals surface area contributed by atoms with Gasteiger partial charge in [0.05, 0.1) is 28.3 Å². The summed E-state index contributed by atoms with van der Waals surface area (Å²) in [6, 6.07) is 4.97. The van der Waals surface area contributed by atoms with Gasteiger partial charge in [0, 0.05) is 25.0 Å². The van der Waals surface area contributed by atoms with Gasteiger partial charge >= 0.3 is 5.69 Å². The Morgan fingerprint density at radius 3 is 2.57 bits per heavy atom. The molecule has 8 nitrogen and oxygen atoms in total. The lowest BCUT2D eigenvalue weighted by Gasteiger charge is -2.08. The molecule has 0 saturated carbocycles. The second-order valence-electron chi connectivity index (χ2n) is 6.80. The number of nitrogens with one attached hydrogen (secondary N) is 1.